The second kappa shape index (κ2) is 5.70. The molecule has 86 valence electrons. The van der Waals surface area contributed by atoms with Crippen molar-refractivity contribution in [2.45, 2.75) is 32.3 Å². The van der Waals surface area contributed by atoms with Gasteiger partial charge in [-0.15, -0.1) is 0 Å². The van der Waals surface area contributed by atoms with Crippen LogP contribution in [0.2, 0.25) is 0 Å². The first kappa shape index (κ1) is 12.0. The maximum absolute atomic E-state index is 11.3. The Kier molecular flexibility index (Phi) is 4.55. The first-order valence-corrected chi connectivity index (χ1v) is 5.20. The zero-order chi connectivity index (χ0) is 11.3. The molecule has 5 nitrogen and oxygen atoms in total. The second-order valence-electron chi connectivity index (χ2n) is 3.85. The fraction of sp³-hybridized carbons (Fsp3) is 0.800. The van der Waals surface area contributed by atoms with E-state index in [0.29, 0.717) is 12.5 Å². The van der Waals surface area contributed by atoms with E-state index in [9.17, 15) is 9.59 Å². The van der Waals surface area contributed by atoms with E-state index in [0.717, 1.165) is 0 Å². The van der Waals surface area contributed by atoms with Gasteiger partial charge in [0.25, 0.3) is 0 Å². The molecule has 5 heteroatoms. The Labute approximate surface area is 88.8 Å². The van der Waals surface area contributed by atoms with E-state index in [1.54, 1.807) is 6.92 Å². The number of carbonyl (C=O) groups excluding carboxylic acids is 1. The predicted molar refractivity (Wildman–Crippen MR) is 53.4 cm³/mol. The van der Waals surface area contributed by atoms with E-state index in [2.05, 4.69) is 5.32 Å². The average Bonchev–Trinajstić information content (AvgIpc) is 2.96. The lowest BCUT2D eigenvalue weighted by Crippen LogP contribution is -2.36. The van der Waals surface area contributed by atoms with E-state index in [1.807, 2.05) is 0 Å². The van der Waals surface area contributed by atoms with Crippen LogP contribution in [0.15, 0.2) is 0 Å². The van der Waals surface area contributed by atoms with Crippen LogP contribution < -0.4 is 5.32 Å². The van der Waals surface area contributed by atoms with Gasteiger partial charge in [-0.3, -0.25) is 9.59 Å². The average molecular weight is 215 g/mol. The third-order valence-electron chi connectivity index (χ3n) is 2.29. The first-order valence-electron chi connectivity index (χ1n) is 5.20. The maximum atomic E-state index is 11.3. The van der Waals surface area contributed by atoms with Crippen molar-refractivity contribution in [3.8, 4) is 0 Å². The van der Waals surface area contributed by atoms with Crippen LogP contribution in [-0.4, -0.2) is 36.2 Å². The van der Waals surface area contributed by atoms with Crippen LogP contribution in [0, 0.1) is 5.92 Å². The molecule has 0 aromatic heterocycles. The fourth-order valence-corrected chi connectivity index (χ4v) is 1.08. The summed E-state index contributed by atoms with van der Waals surface area (Å²) >= 11 is 0. The molecule has 0 heterocycles. The molecule has 0 aromatic rings. The summed E-state index contributed by atoms with van der Waals surface area (Å²) in [5, 5.41) is 10.9. The molecule has 1 unspecified atom stereocenters. The summed E-state index contributed by atoms with van der Waals surface area (Å²) in [7, 11) is 0. The summed E-state index contributed by atoms with van der Waals surface area (Å²) in [6, 6.07) is 0. The third-order valence-corrected chi connectivity index (χ3v) is 2.29. The first-order chi connectivity index (χ1) is 7.09. The number of ether oxygens (including phenoxy) is 1. The zero-order valence-corrected chi connectivity index (χ0v) is 8.86. The number of rotatable bonds is 7. The molecule has 1 atom stereocenters. The third kappa shape index (κ3) is 5.37. The Morgan fingerprint density at radius 1 is 1.53 bits per heavy atom. The van der Waals surface area contributed by atoms with Crippen LogP contribution in [0.1, 0.15) is 26.2 Å². The SMILES string of the molecule is CC(OCC1CC1)C(=O)NCCC(=O)O. The Morgan fingerprint density at radius 2 is 2.20 bits per heavy atom. The summed E-state index contributed by atoms with van der Waals surface area (Å²) in [4.78, 5) is 21.5. The molecular formula is C10H17NO4. The van der Waals surface area contributed by atoms with E-state index in [-0.39, 0.29) is 18.9 Å². The smallest absolute Gasteiger partial charge is 0.305 e. The van der Waals surface area contributed by atoms with Crippen LogP contribution in [0.5, 0.6) is 0 Å². The second-order valence-corrected chi connectivity index (χ2v) is 3.85. The van der Waals surface area contributed by atoms with Gasteiger partial charge in [-0.25, -0.2) is 0 Å². The van der Waals surface area contributed by atoms with Crippen molar-refractivity contribution in [3.63, 3.8) is 0 Å². The molecule has 1 rings (SSSR count). The maximum Gasteiger partial charge on any atom is 0.305 e. The van der Waals surface area contributed by atoms with Crippen molar-refractivity contribution in [1.82, 2.24) is 5.32 Å². The molecule has 1 saturated carbocycles. The van der Waals surface area contributed by atoms with Gasteiger partial charge in [0.15, 0.2) is 0 Å². The van der Waals surface area contributed by atoms with Crippen molar-refractivity contribution >= 4 is 11.9 Å². The van der Waals surface area contributed by atoms with Crippen molar-refractivity contribution in [1.29, 1.82) is 0 Å². The van der Waals surface area contributed by atoms with Gasteiger partial charge in [0, 0.05) is 6.54 Å². The van der Waals surface area contributed by atoms with E-state index in [1.165, 1.54) is 12.8 Å². The van der Waals surface area contributed by atoms with E-state index in [4.69, 9.17) is 9.84 Å². The van der Waals surface area contributed by atoms with Gasteiger partial charge in [0.1, 0.15) is 6.10 Å². The van der Waals surface area contributed by atoms with Gasteiger partial charge in [-0.1, -0.05) is 0 Å². The fourth-order valence-electron chi connectivity index (χ4n) is 1.08. The van der Waals surface area contributed by atoms with Crippen molar-refractivity contribution < 1.29 is 19.4 Å². The molecule has 0 spiro atoms. The predicted octanol–water partition coefficient (Wildman–Crippen LogP) is 0.392. The van der Waals surface area contributed by atoms with Gasteiger partial charge in [-0.05, 0) is 25.7 Å². The summed E-state index contributed by atoms with van der Waals surface area (Å²) in [6.07, 6.45) is 1.83. The Balaban J connectivity index is 2.05. The number of hydrogen-bond donors (Lipinski definition) is 2. The number of carbonyl (C=O) groups is 2. The zero-order valence-electron chi connectivity index (χ0n) is 8.86. The monoisotopic (exact) mass is 215 g/mol. The lowest BCUT2D eigenvalue weighted by molar-refractivity contribution is -0.137. The van der Waals surface area contributed by atoms with Crippen LogP contribution in [0.25, 0.3) is 0 Å². The Hall–Kier alpha value is -1.10. The van der Waals surface area contributed by atoms with E-state index < -0.39 is 12.1 Å². The van der Waals surface area contributed by atoms with Gasteiger partial charge in [0.2, 0.25) is 5.91 Å². The molecule has 0 radical (unpaired) electrons. The van der Waals surface area contributed by atoms with Crippen LogP contribution in [0.3, 0.4) is 0 Å². The standard InChI is InChI=1S/C10H17NO4/c1-7(15-6-8-2-3-8)10(14)11-5-4-9(12)13/h7-8H,2-6H2,1H3,(H,11,14)(H,12,13). The molecular weight excluding hydrogens is 198 g/mol. The molecule has 1 fully saturated rings. The summed E-state index contributed by atoms with van der Waals surface area (Å²) in [5.41, 5.74) is 0. The molecule has 2 N–H and O–H groups in total. The number of amides is 1. The van der Waals surface area contributed by atoms with Crippen molar-refractivity contribution in [3.05, 3.63) is 0 Å². The highest BCUT2D eigenvalue weighted by Crippen LogP contribution is 2.29. The minimum absolute atomic E-state index is 0.0545. The number of carboxylic acid groups (broad SMARTS) is 1. The van der Waals surface area contributed by atoms with Gasteiger partial charge >= 0.3 is 5.97 Å². The number of carboxylic acids is 1. The summed E-state index contributed by atoms with van der Waals surface area (Å²) in [5.74, 6) is -0.530. The molecule has 1 amide bonds. The van der Waals surface area contributed by atoms with Crippen molar-refractivity contribution in [2.75, 3.05) is 13.2 Å². The molecule has 1 aliphatic rings. The van der Waals surface area contributed by atoms with Crippen LogP contribution >= 0.6 is 0 Å². The largest absolute Gasteiger partial charge is 0.481 e. The number of hydrogen-bond acceptors (Lipinski definition) is 3. The lowest BCUT2D eigenvalue weighted by atomic mass is 10.3. The van der Waals surface area contributed by atoms with E-state index >= 15 is 0 Å². The van der Waals surface area contributed by atoms with Gasteiger partial charge in [-0.2, -0.15) is 0 Å². The highest BCUT2D eigenvalue weighted by molar-refractivity contribution is 5.80. The highest BCUT2D eigenvalue weighted by atomic mass is 16.5. The van der Waals surface area contributed by atoms with Gasteiger partial charge < -0.3 is 15.2 Å². The minimum Gasteiger partial charge on any atom is -0.481 e. The Bertz CT molecular complexity index is 238. The topological polar surface area (TPSA) is 75.6 Å². The number of nitrogens with one attached hydrogen (secondary N) is 1. The molecule has 0 aliphatic heterocycles. The lowest BCUT2D eigenvalue weighted by Gasteiger charge is -2.12. The van der Waals surface area contributed by atoms with Crippen molar-refractivity contribution in [2.24, 2.45) is 5.92 Å². The molecule has 0 saturated heterocycles. The summed E-state index contributed by atoms with van der Waals surface area (Å²) < 4.78 is 5.33. The van der Waals surface area contributed by atoms with Crippen LogP contribution in [-0.2, 0) is 14.3 Å². The Morgan fingerprint density at radius 3 is 2.73 bits per heavy atom. The molecule has 1 aliphatic carbocycles. The normalized spacial score (nSPS) is 17.1. The minimum atomic E-state index is -0.915. The molecule has 0 aromatic carbocycles. The van der Waals surface area contributed by atoms with Crippen LogP contribution in [0.4, 0.5) is 0 Å². The van der Waals surface area contributed by atoms with Gasteiger partial charge in [0.05, 0.1) is 13.0 Å². The summed E-state index contributed by atoms with van der Waals surface area (Å²) in [6.45, 7) is 2.47. The highest BCUT2D eigenvalue weighted by Gasteiger charge is 2.23. The molecule has 0 bridgehead atoms. The molecule has 15 heavy (non-hydrogen) atoms. The number of aliphatic carboxylic acids is 1. The quantitative estimate of drug-likeness (QED) is 0.644.